The predicted molar refractivity (Wildman–Crippen MR) is 130 cm³/mol. The van der Waals surface area contributed by atoms with Gasteiger partial charge in [-0.3, -0.25) is 0 Å². The van der Waals surface area contributed by atoms with Gasteiger partial charge in [-0.2, -0.15) is 0 Å². The molecule has 1 aromatic heterocycles. The fraction of sp³-hybridized carbons (Fsp3) is 0.714. The Bertz CT molecular complexity index is 847. The van der Waals surface area contributed by atoms with E-state index in [9.17, 15) is 0 Å². The highest BCUT2D eigenvalue weighted by atomic mass is 16.5. The maximum absolute atomic E-state index is 5.55. The Hall–Kier alpha value is -1.48. The normalized spacial score (nSPS) is 29.2. The summed E-state index contributed by atoms with van der Waals surface area (Å²) in [6.07, 6.45) is 19.3. The van der Waals surface area contributed by atoms with Crippen LogP contribution in [-0.4, -0.2) is 17.2 Å². The molecule has 4 aliphatic carbocycles. The van der Waals surface area contributed by atoms with Crippen molar-refractivity contribution in [2.75, 3.05) is 7.11 Å². The van der Waals surface area contributed by atoms with E-state index in [-0.39, 0.29) is 0 Å². The van der Waals surface area contributed by atoms with Crippen LogP contribution in [0.25, 0.3) is 10.9 Å². The van der Waals surface area contributed by atoms with Crippen molar-refractivity contribution in [2.45, 2.75) is 103 Å². The topological polar surface area (TPSA) is 26.2 Å². The Morgan fingerprint density at radius 3 is 2.32 bits per heavy atom. The van der Waals surface area contributed by atoms with E-state index in [2.05, 4.69) is 41.2 Å². The molecule has 0 saturated heterocycles. The van der Waals surface area contributed by atoms with Gasteiger partial charge < -0.3 is 14.6 Å². The van der Waals surface area contributed by atoms with E-state index in [0.29, 0.717) is 5.54 Å². The lowest BCUT2D eigenvalue weighted by Crippen LogP contribution is -2.58. The first-order valence-electron chi connectivity index (χ1n) is 13.1. The molecule has 6 rings (SSSR count). The van der Waals surface area contributed by atoms with Gasteiger partial charge in [0.05, 0.1) is 12.6 Å². The molecule has 4 bridgehead atoms. The first kappa shape index (κ1) is 21.4. The summed E-state index contributed by atoms with van der Waals surface area (Å²) in [4.78, 5) is 0. The van der Waals surface area contributed by atoms with Crippen molar-refractivity contribution in [1.29, 1.82) is 0 Å². The van der Waals surface area contributed by atoms with Gasteiger partial charge in [0.15, 0.2) is 0 Å². The first-order chi connectivity index (χ1) is 15.2. The number of aromatic nitrogens is 1. The summed E-state index contributed by atoms with van der Waals surface area (Å²) in [6.45, 7) is 4.42. The minimum Gasteiger partial charge on any atom is -0.497 e. The van der Waals surface area contributed by atoms with Crippen molar-refractivity contribution in [3.8, 4) is 5.75 Å². The fourth-order valence-corrected chi connectivity index (χ4v) is 7.47. The molecule has 0 amide bonds. The molecule has 4 aliphatic rings. The zero-order valence-electron chi connectivity index (χ0n) is 19.8. The van der Waals surface area contributed by atoms with Crippen LogP contribution in [0.4, 0.5) is 0 Å². The molecule has 3 nitrogen and oxygen atoms in total. The Morgan fingerprint density at radius 1 is 0.968 bits per heavy atom. The predicted octanol–water partition coefficient (Wildman–Crippen LogP) is 7.07. The number of fused-ring (bicyclic) bond motifs is 1. The molecular weight excluding hydrogens is 380 g/mol. The summed E-state index contributed by atoms with van der Waals surface area (Å²) in [7, 11) is 1.78. The summed E-state index contributed by atoms with van der Waals surface area (Å²) in [6, 6.07) is 6.65. The molecule has 170 valence electrons. The molecule has 3 heteroatoms. The molecule has 4 fully saturated rings. The largest absolute Gasteiger partial charge is 0.497 e. The summed E-state index contributed by atoms with van der Waals surface area (Å²) in [5.74, 6) is 3.96. The minimum absolute atomic E-state index is 0.426. The van der Waals surface area contributed by atoms with Crippen LogP contribution in [0.15, 0.2) is 24.4 Å². The van der Waals surface area contributed by atoms with Crippen LogP contribution in [0.2, 0.25) is 0 Å². The number of hydrogen-bond donors (Lipinski definition) is 1. The van der Waals surface area contributed by atoms with Gasteiger partial charge in [0.25, 0.3) is 0 Å². The van der Waals surface area contributed by atoms with Crippen LogP contribution < -0.4 is 10.1 Å². The number of benzene rings is 1. The third-order valence-electron chi connectivity index (χ3n) is 8.62. The number of nitrogens with one attached hydrogen (secondary N) is 1. The molecule has 1 aromatic carbocycles. The average molecular weight is 423 g/mol. The van der Waals surface area contributed by atoms with E-state index >= 15 is 0 Å². The number of unbranched alkanes of at least 4 members (excludes halogenated alkanes) is 5. The van der Waals surface area contributed by atoms with Crippen molar-refractivity contribution in [2.24, 2.45) is 17.8 Å². The Labute approximate surface area is 188 Å². The second-order valence-corrected chi connectivity index (χ2v) is 11.1. The maximum Gasteiger partial charge on any atom is 0.120 e. The van der Waals surface area contributed by atoms with Crippen molar-refractivity contribution < 1.29 is 4.74 Å². The molecule has 0 atom stereocenters. The van der Waals surface area contributed by atoms with E-state index in [1.807, 2.05) is 0 Å². The SMILES string of the molecule is CCCCCCCCn1cc(CNC23CC4CC(CC(C4)C2)C3)c2ccc(OC)cc21. The molecule has 0 unspecified atom stereocenters. The van der Waals surface area contributed by atoms with Crippen molar-refractivity contribution in [3.63, 3.8) is 0 Å². The highest BCUT2D eigenvalue weighted by molar-refractivity contribution is 5.85. The molecule has 0 spiro atoms. The number of ether oxygens (including phenoxy) is 1. The van der Waals surface area contributed by atoms with Crippen LogP contribution in [-0.2, 0) is 13.1 Å². The third-order valence-corrected chi connectivity index (χ3v) is 8.62. The van der Waals surface area contributed by atoms with Gasteiger partial charge in [0, 0.05) is 36.3 Å². The van der Waals surface area contributed by atoms with E-state index in [4.69, 9.17) is 4.74 Å². The third kappa shape index (κ3) is 4.53. The lowest BCUT2D eigenvalue weighted by atomic mass is 9.53. The standard InChI is InChI=1S/C28H42N2O/c1-3-4-5-6-7-8-11-30-20-24(26-10-9-25(31-2)15-27(26)30)19-29-28-16-21-12-22(17-28)14-23(13-21)18-28/h9-10,15,20-23,29H,3-8,11-14,16-19H2,1-2H3. The number of hydrogen-bond acceptors (Lipinski definition) is 2. The van der Waals surface area contributed by atoms with Gasteiger partial charge >= 0.3 is 0 Å². The summed E-state index contributed by atoms with van der Waals surface area (Å²) >= 11 is 0. The smallest absolute Gasteiger partial charge is 0.120 e. The highest BCUT2D eigenvalue weighted by Crippen LogP contribution is 2.55. The van der Waals surface area contributed by atoms with Gasteiger partial charge in [0.1, 0.15) is 5.75 Å². The average Bonchev–Trinajstić information content (AvgIpc) is 3.11. The second-order valence-electron chi connectivity index (χ2n) is 11.1. The van der Waals surface area contributed by atoms with Crippen LogP contribution in [0.5, 0.6) is 5.75 Å². The molecular formula is C28H42N2O. The summed E-state index contributed by atoms with van der Waals surface area (Å²) < 4.78 is 8.05. The number of methoxy groups -OCH3 is 1. The van der Waals surface area contributed by atoms with E-state index in [1.54, 1.807) is 7.11 Å². The van der Waals surface area contributed by atoms with Crippen molar-refractivity contribution in [1.82, 2.24) is 9.88 Å². The molecule has 0 radical (unpaired) electrons. The first-order valence-corrected chi connectivity index (χ1v) is 13.1. The number of rotatable bonds is 11. The summed E-state index contributed by atoms with van der Waals surface area (Å²) in [5.41, 5.74) is 3.24. The minimum atomic E-state index is 0.426. The van der Waals surface area contributed by atoms with Gasteiger partial charge in [0.2, 0.25) is 0 Å². The van der Waals surface area contributed by atoms with Gasteiger partial charge in [-0.1, -0.05) is 39.0 Å². The second kappa shape index (κ2) is 9.17. The fourth-order valence-electron chi connectivity index (χ4n) is 7.47. The number of aryl methyl sites for hydroxylation is 1. The maximum atomic E-state index is 5.55. The van der Waals surface area contributed by atoms with E-state index < -0.39 is 0 Å². The van der Waals surface area contributed by atoms with E-state index in [1.165, 1.54) is 93.5 Å². The van der Waals surface area contributed by atoms with Crippen LogP contribution in [0.1, 0.15) is 89.5 Å². The lowest BCUT2D eigenvalue weighted by Gasteiger charge is -2.57. The molecule has 0 aliphatic heterocycles. The molecule has 31 heavy (non-hydrogen) atoms. The van der Waals surface area contributed by atoms with Crippen molar-refractivity contribution in [3.05, 3.63) is 30.0 Å². The van der Waals surface area contributed by atoms with Gasteiger partial charge in [-0.05, 0) is 80.4 Å². The van der Waals surface area contributed by atoms with Crippen LogP contribution in [0, 0.1) is 17.8 Å². The van der Waals surface area contributed by atoms with Gasteiger partial charge in [-0.25, -0.2) is 0 Å². The van der Waals surface area contributed by atoms with Crippen molar-refractivity contribution >= 4 is 10.9 Å². The zero-order chi connectivity index (χ0) is 21.3. The summed E-state index contributed by atoms with van der Waals surface area (Å²) in [5, 5.41) is 5.53. The molecule has 4 saturated carbocycles. The van der Waals surface area contributed by atoms with Crippen LogP contribution >= 0.6 is 0 Å². The molecule has 1 N–H and O–H groups in total. The van der Waals surface area contributed by atoms with Crippen LogP contribution in [0.3, 0.4) is 0 Å². The monoisotopic (exact) mass is 422 g/mol. The quantitative estimate of drug-likeness (QED) is 0.392. The van der Waals surface area contributed by atoms with Gasteiger partial charge in [-0.15, -0.1) is 0 Å². The highest BCUT2D eigenvalue weighted by Gasteiger charge is 2.50. The molecule has 2 aromatic rings. The van der Waals surface area contributed by atoms with E-state index in [0.717, 1.165) is 36.6 Å². The number of nitrogens with zero attached hydrogens (tertiary/aromatic N) is 1. The zero-order valence-corrected chi connectivity index (χ0v) is 19.8. The Kier molecular flexibility index (Phi) is 6.32. The Morgan fingerprint density at radius 2 is 1.65 bits per heavy atom. The lowest BCUT2D eigenvalue weighted by molar-refractivity contribution is -0.0205. The Balaban J connectivity index is 1.29. The molecule has 1 heterocycles.